The molecule has 8 nitrogen and oxygen atoms in total. The van der Waals surface area contributed by atoms with Crippen LogP contribution in [-0.2, 0) is 22.4 Å². The van der Waals surface area contributed by atoms with Gasteiger partial charge < -0.3 is 26.6 Å². The van der Waals surface area contributed by atoms with Crippen LogP contribution in [0.3, 0.4) is 0 Å². The van der Waals surface area contributed by atoms with Crippen LogP contribution in [0.25, 0.3) is 11.1 Å². The molecule has 4 aromatic carbocycles. The number of phenolic OH excluding ortho intramolecular Hbond substituents is 1. The van der Waals surface area contributed by atoms with Crippen molar-refractivity contribution in [2.24, 2.45) is 5.73 Å². The van der Waals surface area contributed by atoms with Crippen LogP contribution in [0.15, 0.2) is 97.1 Å². The molecule has 0 fully saturated rings. The van der Waals surface area contributed by atoms with Crippen molar-refractivity contribution < 1.29 is 24.6 Å². The summed E-state index contributed by atoms with van der Waals surface area (Å²) < 4.78 is 0. The van der Waals surface area contributed by atoms with E-state index in [2.05, 4.69) is 10.6 Å². The topological polar surface area (TPSA) is 142 Å². The van der Waals surface area contributed by atoms with Gasteiger partial charge in [0.25, 0.3) is 5.91 Å². The Hall–Kier alpha value is -4.66. The lowest BCUT2D eigenvalue weighted by molar-refractivity contribution is -0.139. The van der Waals surface area contributed by atoms with Gasteiger partial charge in [-0.2, -0.15) is 0 Å². The molecule has 4 aromatic rings. The number of aliphatic carboxylic acids is 1. The molecule has 4 rings (SSSR count). The summed E-state index contributed by atoms with van der Waals surface area (Å²) in [6.07, 6.45) is 0.407. The number of rotatable bonds is 10. The van der Waals surface area contributed by atoms with Crippen molar-refractivity contribution in [2.45, 2.75) is 24.9 Å². The van der Waals surface area contributed by atoms with Crippen molar-refractivity contribution >= 4 is 35.1 Å². The zero-order valence-electron chi connectivity index (χ0n) is 21.4. The number of phenols is 1. The molecule has 0 aromatic heterocycles. The van der Waals surface area contributed by atoms with E-state index in [1.54, 1.807) is 60.7 Å². The lowest BCUT2D eigenvalue weighted by atomic mass is 10.00. The summed E-state index contributed by atoms with van der Waals surface area (Å²) in [5.74, 6) is -1.90. The van der Waals surface area contributed by atoms with E-state index in [0.717, 1.165) is 22.3 Å². The maximum absolute atomic E-state index is 12.6. The zero-order valence-corrected chi connectivity index (χ0v) is 22.1. The third-order valence-electron chi connectivity index (χ3n) is 6.31. The van der Waals surface area contributed by atoms with Crippen LogP contribution in [0.5, 0.6) is 5.75 Å². The number of hydrogen-bond donors (Lipinski definition) is 5. The molecule has 204 valence electrons. The molecule has 2 atom stereocenters. The van der Waals surface area contributed by atoms with E-state index in [4.69, 9.17) is 17.3 Å². The molecule has 0 bridgehead atoms. The third-order valence-corrected chi connectivity index (χ3v) is 6.64. The molecular weight excluding hydrogens is 530 g/mol. The predicted octanol–water partition coefficient (Wildman–Crippen LogP) is 4.65. The van der Waals surface area contributed by atoms with Gasteiger partial charge in [0.2, 0.25) is 5.91 Å². The molecule has 0 aliphatic carbocycles. The van der Waals surface area contributed by atoms with E-state index in [1.807, 2.05) is 30.3 Å². The Morgan fingerprint density at radius 1 is 0.800 bits per heavy atom. The second-order valence-electron chi connectivity index (χ2n) is 9.29. The van der Waals surface area contributed by atoms with Gasteiger partial charge in [-0.1, -0.05) is 72.3 Å². The van der Waals surface area contributed by atoms with Crippen LogP contribution in [0, 0.1) is 0 Å². The summed E-state index contributed by atoms with van der Waals surface area (Å²) in [5, 5.41) is 24.7. The van der Waals surface area contributed by atoms with Crippen molar-refractivity contribution in [3.8, 4) is 16.9 Å². The first-order valence-corrected chi connectivity index (χ1v) is 12.9. The first-order valence-electron chi connectivity index (χ1n) is 12.5. The minimum Gasteiger partial charge on any atom is -0.508 e. The summed E-state index contributed by atoms with van der Waals surface area (Å²) in [6.45, 7) is 0. The molecule has 2 unspecified atom stereocenters. The number of halogens is 1. The van der Waals surface area contributed by atoms with Gasteiger partial charge in [0.1, 0.15) is 11.8 Å². The zero-order chi connectivity index (χ0) is 28.6. The first-order chi connectivity index (χ1) is 19.2. The van der Waals surface area contributed by atoms with Crippen molar-refractivity contribution in [1.82, 2.24) is 5.32 Å². The highest BCUT2D eigenvalue weighted by molar-refractivity contribution is 6.33. The number of nitrogens with one attached hydrogen (secondary N) is 2. The van der Waals surface area contributed by atoms with Gasteiger partial charge >= 0.3 is 5.97 Å². The number of carboxylic acids is 1. The number of aromatic hydroxyl groups is 1. The summed E-state index contributed by atoms with van der Waals surface area (Å²) >= 11 is 6.06. The fraction of sp³-hybridized carbons (Fsp3) is 0.129. The average Bonchev–Trinajstić information content (AvgIpc) is 2.94. The molecular formula is C31H28ClN3O5. The van der Waals surface area contributed by atoms with Crippen LogP contribution in [0.1, 0.15) is 21.5 Å². The van der Waals surface area contributed by atoms with Gasteiger partial charge in [0.15, 0.2) is 0 Å². The predicted molar refractivity (Wildman–Crippen MR) is 154 cm³/mol. The van der Waals surface area contributed by atoms with Gasteiger partial charge in [-0.15, -0.1) is 0 Å². The Bertz CT molecular complexity index is 1510. The van der Waals surface area contributed by atoms with Gasteiger partial charge in [-0.25, -0.2) is 4.79 Å². The highest BCUT2D eigenvalue weighted by Gasteiger charge is 2.22. The smallest absolute Gasteiger partial charge is 0.326 e. The molecule has 0 spiro atoms. The number of benzene rings is 4. The van der Waals surface area contributed by atoms with E-state index < -0.39 is 24.0 Å². The first kappa shape index (κ1) is 28.4. The van der Waals surface area contributed by atoms with E-state index in [9.17, 15) is 24.6 Å². The molecule has 2 amide bonds. The SMILES string of the molecule is NC(Cc1ccc(O)cc1)C(=O)Nc1cccc(-c2ccc(CC(NC(=O)c3ccccc3Cl)C(=O)O)cc2)c1. The number of amides is 2. The summed E-state index contributed by atoms with van der Waals surface area (Å²) in [7, 11) is 0. The fourth-order valence-electron chi connectivity index (χ4n) is 4.14. The van der Waals surface area contributed by atoms with Gasteiger partial charge in [0, 0.05) is 12.1 Å². The highest BCUT2D eigenvalue weighted by Crippen LogP contribution is 2.24. The molecule has 0 aliphatic rings. The van der Waals surface area contributed by atoms with Crippen LogP contribution in [0.2, 0.25) is 5.02 Å². The maximum Gasteiger partial charge on any atom is 0.326 e. The van der Waals surface area contributed by atoms with E-state index >= 15 is 0 Å². The Morgan fingerprint density at radius 3 is 2.12 bits per heavy atom. The van der Waals surface area contributed by atoms with E-state index in [0.29, 0.717) is 12.1 Å². The second-order valence-corrected chi connectivity index (χ2v) is 9.70. The average molecular weight is 558 g/mol. The molecule has 0 saturated carbocycles. The second kappa shape index (κ2) is 12.9. The number of anilines is 1. The number of carbonyl (C=O) groups is 3. The monoisotopic (exact) mass is 557 g/mol. The number of hydrogen-bond acceptors (Lipinski definition) is 5. The summed E-state index contributed by atoms with van der Waals surface area (Å²) in [4.78, 5) is 37.0. The minimum atomic E-state index is -1.16. The van der Waals surface area contributed by atoms with Crippen molar-refractivity contribution in [2.75, 3.05) is 5.32 Å². The van der Waals surface area contributed by atoms with Crippen LogP contribution >= 0.6 is 11.6 Å². The van der Waals surface area contributed by atoms with Crippen LogP contribution in [0.4, 0.5) is 5.69 Å². The van der Waals surface area contributed by atoms with E-state index in [1.165, 1.54) is 6.07 Å². The number of carboxylic acid groups (broad SMARTS) is 1. The standard InChI is InChI=1S/C31H28ClN3O5/c32-26-7-2-1-6-25(26)29(37)35-28(31(39)40)17-20-8-12-21(13-9-20)22-4-3-5-23(18-22)34-30(38)27(33)16-19-10-14-24(36)15-11-19/h1-15,18,27-28,36H,16-17,33H2,(H,34,38)(H,35,37)(H,39,40). The van der Waals surface area contributed by atoms with Crippen molar-refractivity contribution in [3.05, 3.63) is 119 Å². The Morgan fingerprint density at radius 2 is 1.45 bits per heavy atom. The number of carbonyl (C=O) groups excluding carboxylic acids is 2. The Balaban J connectivity index is 1.39. The summed E-state index contributed by atoms with van der Waals surface area (Å²) in [6, 6.07) is 25.7. The van der Waals surface area contributed by atoms with Crippen molar-refractivity contribution in [3.63, 3.8) is 0 Å². The maximum atomic E-state index is 12.6. The molecule has 0 heterocycles. The quantitative estimate of drug-likeness (QED) is 0.192. The summed E-state index contributed by atoms with van der Waals surface area (Å²) in [5.41, 5.74) is 10.1. The molecule has 9 heteroatoms. The molecule has 0 saturated heterocycles. The third kappa shape index (κ3) is 7.47. The molecule has 40 heavy (non-hydrogen) atoms. The normalized spacial score (nSPS) is 12.2. The largest absolute Gasteiger partial charge is 0.508 e. The van der Waals surface area contributed by atoms with Gasteiger partial charge in [-0.05, 0) is 65.1 Å². The Labute approximate surface area is 236 Å². The van der Waals surface area contributed by atoms with E-state index in [-0.39, 0.29) is 28.7 Å². The molecule has 0 radical (unpaired) electrons. The van der Waals surface area contributed by atoms with Crippen LogP contribution in [-0.4, -0.2) is 40.1 Å². The lowest BCUT2D eigenvalue weighted by Crippen LogP contribution is -2.42. The molecule has 0 aliphatic heterocycles. The number of nitrogens with two attached hydrogens (primary N) is 1. The van der Waals surface area contributed by atoms with Gasteiger partial charge in [0.05, 0.1) is 16.6 Å². The minimum absolute atomic E-state index is 0.0841. The molecule has 6 N–H and O–H groups in total. The van der Waals surface area contributed by atoms with Crippen molar-refractivity contribution in [1.29, 1.82) is 0 Å². The Kier molecular flexibility index (Phi) is 9.16. The van der Waals surface area contributed by atoms with Crippen LogP contribution < -0.4 is 16.4 Å². The highest BCUT2D eigenvalue weighted by atomic mass is 35.5. The van der Waals surface area contributed by atoms with Gasteiger partial charge in [-0.3, -0.25) is 9.59 Å². The lowest BCUT2D eigenvalue weighted by Gasteiger charge is -2.16. The fourth-order valence-corrected chi connectivity index (χ4v) is 4.36.